The lowest BCUT2D eigenvalue weighted by molar-refractivity contribution is -0.168. The maximum absolute atomic E-state index is 9.16. The molecule has 10 heavy (non-hydrogen) atoms. The van der Waals surface area contributed by atoms with Crippen LogP contribution < -0.4 is 0 Å². The number of rotatable bonds is 3. The fraction of sp³-hybridized carbons (Fsp3) is 1.00. The fourth-order valence-electron chi connectivity index (χ4n) is 0.714. The number of aliphatic hydroxyl groups excluding tert-OH is 1. The van der Waals surface area contributed by atoms with E-state index in [2.05, 4.69) is 0 Å². The molecule has 0 fully saturated rings. The third-order valence-corrected chi connectivity index (χ3v) is 1.03. The zero-order chi connectivity index (χ0) is 8.20. The molecule has 0 amide bonds. The second kappa shape index (κ2) is 3.94. The van der Waals surface area contributed by atoms with Gasteiger partial charge in [0.05, 0.1) is 5.60 Å². The van der Waals surface area contributed by atoms with Gasteiger partial charge in [0, 0.05) is 0 Å². The maximum Gasteiger partial charge on any atom is 0.155 e. The number of hydrogen-bond acceptors (Lipinski definition) is 2. The van der Waals surface area contributed by atoms with Gasteiger partial charge < -0.3 is 9.84 Å². The van der Waals surface area contributed by atoms with Gasteiger partial charge in [-0.1, -0.05) is 13.3 Å². The molecule has 0 rings (SSSR count). The first kappa shape index (κ1) is 9.92. The van der Waals surface area contributed by atoms with E-state index in [-0.39, 0.29) is 5.60 Å². The van der Waals surface area contributed by atoms with Gasteiger partial charge in [0.2, 0.25) is 0 Å². The molecule has 2 heteroatoms. The molecule has 0 unspecified atom stereocenters. The van der Waals surface area contributed by atoms with Crippen molar-refractivity contribution in [2.45, 2.75) is 52.4 Å². The lowest BCUT2D eigenvalue weighted by atomic mass is 10.2. The molecule has 0 aromatic rings. The van der Waals surface area contributed by atoms with Gasteiger partial charge >= 0.3 is 0 Å². The Labute approximate surface area is 63.2 Å². The van der Waals surface area contributed by atoms with Crippen LogP contribution in [0.4, 0.5) is 0 Å². The molecule has 0 saturated heterocycles. The maximum atomic E-state index is 9.16. The van der Waals surface area contributed by atoms with Crippen molar-refractivity contribution in [3.05, 3.63) is 0 Å². The van der Waals surface area contributed by atoms with Gasteiger partial charge in [-0.05, 0) is 27.2 Å². The van der Waals surface area contributed by atoms with E-state index in [0.29, 0.717) is 0 Å². The first-order valence-electron chi connectivity index (χ1n) is 3.81. The van der Waals surface area contributed by atoms with Gasteiger partial charge in [-0.15, -0.1) is 0 Å². The Balaban J connectivity index is 3.47. The van der Waals surface area contributed by atoms with Crippen LogP contribution >= 0.6 is 0 Å². The minimum atomic E-state index is -0.593. The standard InChI is InChI=1S/C8H18O2/c1-5-6-7(9)10-8(2,3)4/h7,9H,5-6H2,1-4H3/t7-/m1/s1. The summed E-state index contributed by atoms with van der Waals surface area (Å²) < 4.78 is 5.23. The topological polar surface area (TPSA) is 29.5 Å². The minimum absolute atomic E-state index is 0.228. The molecule has 0 bridgehead atoms. The molecule has 62 valence electrons. The molecular weight excluding hydrogens is 128 g/mol. The van der Waals surface area contributed by atoms with Crippen molar-refractivity contribution < 1.29 is 9.84 Å². The minimum Gasteiger partial charge on any atom is -0.368 e. The first-order valence-corrected chi connectivity index (χ1v) is 3.81. The van der Waals surface area contributed by atoms with E-state index in [4.69, 9.17) is 9.84 Å². The van der Waals surface area contributed by atoms with Gasteiger partial charge in [0.25, 0.3) is 0 Å². The average Bonchev–Trinajstić information content (AvgIpc) is 1.59. The molecule has 0 heterocycles. The Morgan fingerprint density at radius 3 is 2.20 bits per heavy atom. The Morgan fingerprint density at radius 2 is 1.90 bits per heavy atom. The van der Waals surface area contributed by atoms with Crippen LogP contribution in [0.15, 0.2) is 0 Å². The molecule has 0 saturated carbocycles. The summed E-state index contributed by atoms with van der Waals surface area (Å²) in [4.78, 5) is 0. The van der Waals surface area contributed by atoms with E-state index in [0.717, 1.165) is 12.8 Å². The molecular formula is C8H18O2. The average molecular weight is 146 g/mol. The molecule has 0 aliphatic heterocycles. The highest BCUT2D eigenvalue weighted by Crippen LogP contribution is 2.11. The Bertz CT molecular complexity index is 83.7. The molecule has 0 aliphatic rings. The molecule has 0 spiro atoms. The van der Waals surface area contributed by atoms with Crippen molar-refractivity contribution in [2.24, 2.45) is 0 Å². The van der Waals surface area contributed by atoms with Crippen molar-refractivity contribution in [2.75, 3.05) is 0 Å². The van der Waals surface area contributed by atoms with E-state index >= 15 is 0 Å². The Kier molecular flexibility index (Phi) is 3.91. The number of aliphatic hydroxyl groups is 1. The summed E-state index contributed by atoms with van der Waals surface area (Å²) in [6.45, 7) is 7.83. The first-order chi connectivity index (χ1) is 4.45. The summed E-state index contributed by atoms with van der Waals surface area (Å²) in [6, 6.07) is 0. The van der Waals surface area contributed by atoms with Crippen LogP contribution in [0.3, 0.4) is 0 Å². The van der Waals surface area contributed by atoms with Gasteiger partial charge in [-0.3, -0.25) is 0 Å². The second-order valence-electron chi connectivity index (χ2n) is 3.47. The monoisotopic (exact) mass is 146 g/mol. The van der Waals surface area contributed by atoms with E-state index in [1.807, 2.05) is 27.7 Å². The molecule has 0 aliphatic carbocycles. The Morgan fingerprint density at radius 1 is 1.40 bits per heavy atom. The predicted molar refractivity (Wildman–Crippen MR) is 41.8 cm³/mol. The van der Waals surface area contributed by atoms with Crippen LogP contribution in [0.25, 0.3) is 0 Å². The highest BCUT2D eigenvalue weighted by molar-refractivity contribution is 4.59. The zero-order valence-corrected chi connectivity index (χ0v) is 7.35. The van der Waals surface area contributed by atoms with Crippen molar-refractivity contribution in [3.8, 4) is 0 Å². The molecule has 0 aromatic heterocycles. The smallest absolute Gasteiger partial charge is 0.155 e. The summed E-state index contributed by atoms with van der Waals surface area (Å²) in [6.07, 6.45) is 1.08. The Hall–Kier alpha value is -0.0800. The van der Waals surface area contributed by atoms with Crippen molar-refractivity contribution >= 4 is 0 Å². The summed E-state index contributed by atoms with van der Waals surface area (Å²) in [7, 11) is 0. The molecule has 2 nitrogen and oxygen atoms in total. The van der Waals surface area contributed by atoms with Crippen LogP contribution in [0, 0.1) is 0 Å². The van der Waals surface area contributed by atoms with Gasteiger partial charge in [-0.25, -0.2) is 0 Å². The quantitative estimate of drug-likeness (QED) is 0.616. The van der Waals surface area contributed by atoms with E-state index in [9.17, 15) is 0 Å². The lowest BCUT2D eigenvalue weighted by Crippen LogP contribution is -2.26. The summed E-state index contributed by atoms with van der Waals surface area (Å²) in [5.41, 5.74) is -0.228. The van der Waals surface area contributed by atoms with E-state index in [1.165, 1.54) is 0 Å². The van der Waals surface area contributed by atoms with Crippen LogP contribution in [0.1, 0.15) is 40.5 Å². The largest absolute Gasteiger partial charge is 0.368 e. The normalized spacial score (nSPS) is 15.3. The molecule has 1 N–H and O–H groups in total. The van der Waals surface area contributed by atoms with E-state index in [1.54, 1.807) is 0 Å². The second-order valence-corrected chi connectivity index (χ2v) is 3.47. The lowest BCUT2D eigenvalue weighted by Gasteiger charge is -2.23. The third-order valence-electron chi connectivity index (χ3n) is 1.03. The summed E-state index contributed by atoms with van der Waals surface area (Å²) >= 11 is 0. The van der Waals surface area contributed by atoms with Crippen LogP contribution in [0.2, 0.25) is 0 Å². The fourth-order valence-corrected chi connectivity index (χ4v) is 0.714. The number of hydrogen-bond donors (Lipinski definition) is 1. The number of ether oxygens (including phenoxy) is 1. The highest BCUT2D eigenvalue weighted by atomic mass is 16.6. The van der Waals surface area contributed by atoms with Crippen LogP contribution in [0.5, 0.6) is 0 Å². The summed E-state index contributed by atoms with van der Waals surface area (Å²) in [5, 5.41) is 9.16. The SMILES string of the molecule is CCC[C@H](O)OC(C)(C)C. The van der Waals surface area contributed by atoms with Crippen LogP contribution in [-0.4, -0.2) is 17.0 Å². The summed E-state index contributed by atoms with van der Waals surface area (Å²) in [5.74, 6) is 0. The molecule has 0 aromatic carbocycles. The van der Waals surface area contributed by atoms with Gasteiger partial charge in [-0.2, -0.15) is 0 Å². The van der Waals surface area contributed by atoms with Crippen molar-refractivity contribution in [1.82, 2.24) is 0 Å². The predicted octanol–water partition coefficient (Wildman–Crippen LogP) is 1.92. The highest BCUT2D eigenvalue weighted by Gasteiger charge is 2.14. The van der Waals surface area contributed by atoms with Crippen molar-refractivity contribution in [3.63, 3.8) is 0 Å². The van der Waals surface area contributed by atoms with Gasteiger partial charge in [0.15, 0.2) is 6.29 Å². The molecule has 1 atom stereocenters. The van der Waals surface area contributed by atoms with Crippen molar-refractivity contribution in [1.29, 1.82) is 0 Å². The van der Waals surface area contributed by atoms with E-state index < -0.39 is 6.29 Å². The molecule has 0 radical (unpaired) electrons. The third kappa shape index (κ3) is 6.05. The van der Waals surface area contributed by atoms with Crippen LogP contribution in [-0.2, 0) is 4.74 Å². The van der Waals surface area contributed by atoms with Gasteiger partial charge in [0.1, 0.15) is 0 Å². The zero-order valence-electron chi connectivity index (χ0n) is 7.35.